The van der Waals surface area contributed by atoms with Crippen molar-refractivity contribution in [3.8, 4) is 0 Å². The van der Waals surface area contributed by atoms with Crippen LogP contribution in [0.1, 0.15) is 117 Å². The van der Waals surface area contributed by atoms with Crippen LogP contribution in [-0.4, -0.2) is 35.0 Å². The van der Waals surface area contributed by atoms with Gasteiger partial charge in [-0.2, -0.15) is 0 Å². The quantitative estimate of drug-likeness (QED) is 0.231. The lowest BCUT2D eigenvalue weighted by Gasteiger charge is -2.17. The van der Waals surface area contributed by atoms with Gasteiger partial charge in [0.2, 0.25) is 0 Å². The monoisotopic (exact) mass is 372 g/mol. The third-order valence-electron chi connectivity index (χ3n) is 4.94. The SMILES string of the molecule is CCCCCCCCC(O)C(O)CCCCCCCC(=O)OCCCC. The molecular weight excluding hydrogens is 328 g/mol. The van der Waals surface area contributed by atoms with E-state index in [1.54, 1.807) is 0 Å². The molecule has 0 aliphatic carbocycles. The summed E-state index contributed by atoms with van der Waals surface area (Å²) < 4.78 is 5.13. The second-order valence-electron chi connectivity index (χ2n) is 7.57. The van der Waals surface area contributed by atoms with Gasteiger partial charge in [0.25, 0.3) is 0 Å². The van der Waals surface area contributed by atoms with Crippen LogP contribution in [0.3, 0.4) is 0 Å². The minimum absolute atomic E-state index is 0.0771. The third kappa shape index (κ3) is 16.8. The minimum atomic E-state index is -0.584. The Bertz CT molecular complexity index is 307. The van der Waals surface area contributed by atoms with Crippen molar-refractivity contribution >= 4 is 5.97 Å². The van der Waals surface area contributed by atoms with Gasteiger partial charge in [-0.3, -0.25) is 4.79 Å². The molecule has 0 rings (SSSR count). The summed E-state index contributed by atoms with van der Waals surface area (Å²) in [6, 6.07) is 0. The predicted molar refractivity (Wildman–Crippen MR) is 108 cm³/mol. The molecule has 0 radical (unpaired) electrons. The molecule has 0 fully saturated rings. The molecule has 26 heavy (non-hydrogen) atoms. The van der Waals surface area contributed by atoms with Crippen LogP contribution in [0.2, 0.25) is 0 Å². The normalized spacial score (nSPS) is 13.5. The molecule has 0 aliphatic rings. The first-order valence-corrected chi connectivity index (χ1v) is 11.1. The second-order valence-corrected chi connectivity index (χ2v) is 7.57. The van der Waals surface area contributed by atoms with Crippen molar-refractivity contribution in [2.75, 3.05) is 6.61 Å². The van der Waals surface area contributed by atoms with Gasteiger partial charge in [-0.1, -0.05) is 84.5 Å². The third-order valence-corrected chi connectivity index (χ3v) is 4.94. The van der Waals surface area contributed by atoms with E-state index in [1.165, 1.54) is 25.7 Å². The van der Waals surface area contributed by atoms with E-state index >= 15 is 0 Å². The molecule has 0 amide bonds. The number of unbranched alkanes of at least 4 members (excludes halogenated alkanes) is 10. The smallest absolute Gasteiger partial charge is 0.305 e. The number of aliphatic hydroxyl groups excluding tert-OH is 2. The summed E-state index contributed by atoms with van der Waals surface area (Å²) in [5, 5.41) is 20.0. The van der Waals surface area contributed by atoms with E-state index in [4.69, 9.17) is 4.74 Å². The van der Waals surface area contributed by atoms with Crippen LogP contribution >= 0.6 is 0 Å². The summed E-state index contributed by atoms with van der Waals surface area (Å²) in [5.74, 6) is -0.0771. The van der Waals surface area contributed by atoms with Crippen molar-refractivity contribution in [3.05, 3.63) is 0 Å². The lowest BCUT2D eigenvalue weighted by molar-refractivity contribution is -0.143. The second kappa shape index (κ2) is 19.2. The summed E-state index contributed by atoms with van der Waals surface area (Å²) in [7, 11) is 0. The number of hydrogen-bond acceptors (Lipinski definition) is 4. The van der Waals surface area contributed by atoms with Crippen LogP contribution in [0.5, 0.6) is 0 Å². The molecule has 0 aromatic rings. The average molecular weight is 373 g/mol. The van der Waals surface area contributed by atoms with E-state index in [1.807, 2.05) is 0 Å². The first-order valence-electron chi connectivity index (χ1n) is 11.1. The zero-order valence-corrected chi connectivity index (χ0v) is 17.4. The number of hydrogen-bond donors (Lipinski definition) is 2. The molecule has 0 saturated heterocycles. The Balaban J connectivity index is 3.41. The molecule has 2 unspecified atom stereocenters. The summed E-state index contributed by atoms with van der Waals surface area (Å²) in [5.41, 5.74) is 0. The highest BCUT2D eigenvalue weighted by Gasteiger charge is 2.15. The fourth-order valence-electron chi connectivity index (χ4n) is 3.07. The topological polar surface area (TPSA) is 66.8 Å². The highest BCUT2D eigenvalue weighted by Crippen LogP contribution is 2.15. The zero-order valence-electron chi connectivity index (χ0n) is 17.4. The summed E-state index contributed by atoms with van der Waals surface area (Å²) in [6.45, 7) is 4.84. The van der Waals surface area contributed by atoms with Crippen molar-refractivity contribution in [3.63, 3.8) is 0 Å². The van der Waals surface area contributed by atoms with Gasteiger partial charge in [0.15, 0.2) is 0 Å². The summed E-state index contributed by atoms with van der Waals surface area (Å²) in [4.78, 5) is 11.4. The highest BCUT2D eigenvalue weighted by atomic mass is 16.5. The molecular formula is C22H44O4. The number of carbonyl (C=O) groups is 1. The lowest BCUT2D eigenvalue weighted by Crippen LogP contribution is -2.25. The molecule has 2 N–H and O–H groups in total. The Morgan fingerprint density at radius 2 is 1.15 bits per heavy atom. The van der Waals surface area contributed by atoms with Gasteiger partial charge in [-0.15, -0.1) is 0 Å². The summed E-state index contributed by atoms with van der Waals surface area (Å²) >= 11 is 0. The fraction of sp³-hybridized carbons (Fsp3) is 0.955. The number of aliphatic hydroxyl groups is 2. The van der Waals surface area contributed by atoms with Gasteiger partial charge >= 0.3 is 5.97 Å². The molecule has 0 saturated carbocycles. The van der Waals surface area contributed by atoms with E-state index in [2.05, 4.69) is 13.8 Å². The Kier molecular flexibility index (Phi) is 18.7. The molecule has 0 aromatic carbocycles. The Morgan fingerprint density at radius 3 is 1.69 bits per heavy atom. The van der Waals surface area contributed by atoms with Gasteiger partial charge in [-0.05, 0) is 25.7 Å². The number of esters is 1. The molecule has 0 spiro atoms. The molecule has 0 bridgehead atoms. The zero-order chi connectivity index (χ0) is 19.5. The van der Waals surface area contributed by atoms with Crippen molar-refractivity contribution < 1.29 is 19.7 Å². The molecule has 4 nitrogen and oxygen atoms in total. The van der Waals surface area contributed by atoms with E-state index in [0.29, 0.717) is 25.9 Å². The van der Waals surface area contributed by atoms with Crippen LogP contribution in [0.4, 0.5) is 0 Å². The standard InChI is InChI=1S/C22H44O4/c1-3-5-7-8-10-13-16-20(23)21(24)17-14-11-9-12-15-18-22(25)26-19-6-4-2/h20-21,23-24H,3-19H2,1-2H3. The van der Waals surface area contributed by atoms with Crippen LogP contribution in [0.15, 0.2) is 0 Å². The van der Waals surface area contributed by atoms with E-state index < -0.39 is 12.2 Å². The number of carbonyl (C=O) groups excluding carboxylic acids is 1. The maximum atomic E-state index is 11.4. The molecule has 4 heteroatoms. The van der Waals surface area contributed by atoms with Crippen LogP contribution in [0, 0.1) is 0 Å². The molecule has 0 aromatic heterocycles. The maximum absolute atomic E-state index is 11.4. The first-order chi connectivity index (χ1) is 12.6. The van der Waals surface area contributed by atoms with Gasteiger partial charge in [0.1, 0.15) is 0 Å². The Hall–Kier alpha value is -0.610. The molecule has 156 valence electrons. The average Bonchev–Trinajstić information content (AvgIpc) is 2.63. The van der Waals surface area contributed by atoms with Gasteiger partial charge in [0.05, 0.1) is 18.8 Å². The molecule has 2 atom stereocenters. The van der Waals surface area contributed by atoms with Crippen molar-refractivity contribution in [2.24, 2.45) is 0 Å². The number of rotatable bonds is 19. The molecule has 0 heterocycles. The van der Waals surface area contributed by atoms with Crippen molar-refractivity contribution in [1.82, 2.24) is 0 Å². The minimum Gasteiger partial charge on any atom is -0.466 e. The molecule has 0 aliphatic heterocycles. The van der Waals surface area contributed by atoms with E-state index in [0.717, 1.165) is 57.8 Å². The summed E-state index contributed by atoms with van der Waals surface area (Å²) in [6.07, 6.45) is 15.0. The maximum Gasteiger partial charge on any atom is 0.305 e. The van der Waals surface area contributed by atoms with Crippen LogP contribution in [-0.2, 0) is 9.53 Å². The Morgan fingerprint density at radius 1 is 0.692 bits per heavy atom. The van der Waals surface area contributed by atoms with E-state index in [9.17, 15) is 15.0 Å². The van der Waals surface area contributed by atoms with Crippen molar-refractivity contribution in [1.29, 1.82) is 0 Å². The number of ether oxygens (including phenoxy) is 1. The van der Waals surface area contributed by atoms with Crippen LogP contribution in [0.25, 0.3) is 0 Å². The predicted octanol–water partition coefficient (Wildman–Crippen LogP) is 5.53. The fourth-order valence-corrected chi connectivity index (χ4v) is 3.07. The van der Waals surface area contributed by atoms with E-state index in [-0.39, 0.29) is 5.97 Å². The van der Waals surface area contributed by atoms with Crippen molar-refractivity contribution in [2.45, 2.75) is 129 Å². The highest BCUT2D eigenvalue weighted by molar-refractivity contribution is 5.69. The van der Waals surface area contributed by atoms with Gasteiger partial charge in [-0.25, -0.2) is 0 Å². The Labute approximate surface area is 161 Å². The van der Waals surface area contributed by atoms with Gasteiger partial charge in [0, 0.05) is 6.42 Å². The first kappa shape index (κ1) is 25.4. The van der Waals surface area contributed by atoms with Crippen LogP contribution < -0.4 is 0 Å². The lowest BCUT2D eigenvalue weighted by atomic mass is 9.99. The van der Waals surface area contributed by atoms with Gasteiger partial charge < -0.3 is 14.9 Å². The largest absolute Gasteiger partial charge is 0.466 e.